The number of carbonyl (C=O) groups excluding carboxylic acids is 2. The zero-order chi connectivity index (χ0) is 23.4. The standard InChI is InChI=1S/C25H18ClN5O2/c1-15(9-16-3-2-4-17(10-16)13-27)24(32)30-19-5-6-22(26)21(12-19)25(33)31-20-11-18-7-8-28-23(18)29-14-20/h2-12,14H,1H3,(H,28,29)(H,30,32)(H,31,33). The Morgan fingerprint density at radius 3 is 2.76 bits per heavy atom. The zero-order valence-corrected chi connectivity index (χ0v) is 18.3. The van der Waals surface area contributed by atoms with Gasteiger partial charge in [0.05, 0.1) is 34.1 Å². The average molecular weight is 456 g/mol. The number of H-pyrrole nitrogens is 1. The van der Waals surface area contributed by atoms with Crippen LogP contribution in [0.2, 0.25) is 5.02 Å². The molecule has 7 nitrogen and oxygen atoms in total. The highest BCUT2D eigenvalue weighted by molar-refractivity contribution is 6.34. The molecule has 0 aliphatic heterocycles. The summed E-state index contributed by atoms with van der Waals surface area (Å²) < 4.78 is 0. The van der Waals surface area contributed by atoms with Crippen LogP contribution in [0.5, 0.6) is 0 Å². The molecule has 0 fully saturated rings. The van der Waals surface area contributed by atoms with Gasteiger partial charge in [-0.15, -0.1) is 0 Å². The van der Waals surface area contributed by atoms with Crippen molar-refractivity contribution in [2.45, 2.75) is 6.92 Å². The van der Waals surface area contributed by atoms with E-state index in [0.717, 1.165) is 16.6 Å². The molecular formula is C25H18ClN5O2. The van der Waals surface area contributed by atoms with E-state index in [0.29, 0.717) is 22.5 Å². The van der Waals surface area contributed by atoms with Gasteiger partial charge in [-0.25, -0.2) is 4.98 Å². The molecule has 33 heavy (non-hydrogen) atoms. The van der Waals surface area contributed by atoms with E-state index in [2.05, 4.69) is 26.7 Å². The molecule has 0 saturated carbocycles. The average Bonchev–Trinajstić information content (AvgIpc) is 3.28. The van der Waals surface area contributed by atoms with Gasteiger partial charge in [-0.1, -0.05) is 23.7 Å². The predicted molar refractivity (Wildman–Crippen MR) is 129 cm³/mol. The first kappa shape index (κ1) is 21.8. The molecule has 0 radical (unpaired) electrons. The van der Waals surface area contributed by atoms with Gasteiger partial charge in [0.15, 0.2) is 0 Å². The number of halogens is 1. The maximum atomic E-state index is 12.8. The van der Waals surface area contributed by atoms with Crippen molar-refractivity contribution in [1.82, 2.24) is 9.97 Å². The van der Waals surface area contributed by atoms with Crippen LogP contribution in [0.25, 0.3) is 17.1 Å². The molecule has 2 aromatic carbocycles. The number of rotatable bonds is 5. The molecule has 0 atom stereocenters. The Morgan fingerprint density at radius 2 is 1.94 bits per heavy atom. The van der Waals surface area contributed by atoms with Crippen LogP contribution in [0.3, 0.4) is 0 Å². The van der Waals surface area contributed by atoms with Gasteiger partial charge >= 0.3 is 0 Å². The molecular weight excluding hydrogens is 438 g/mol. The van der Waals surface area contributed by atoms with E-state index in [1.54, 1.807) is 61.8 Å². The van der Waals surface area contributed by atoms with Crippen LogP contribution in [-0.2, 0) is 4.79 Å². The number of amides is 2. The Bertz CT molecular complexity index is 1450. The number of benzene rings is 2. The molecule has 2 aromatic heterocycles. The van der Waals surface area contributed by atoms with Crippen molar-refractivity contribution in [3.8, 4) is 6.07 Å². The SMILES string of the molecule is CC(=Cc1cccc(C#N)c1)C(=O)Nc1ccc(Cl)c(C(=O)Nc2cnc3[nH]ccc3c2)c1. The van der Waals surface area contributed by atoms with Gasteiger partial charge in [0, 0.05) is 22.8 Å². The molecule has 4 rings (SSSR count). The molecule has 3 N–H and O–H groups in total. The fourth-order valence-electron chi connectivity index (χ4n) is 3.23. The zero-order valence-electron chi connectivity index (χ0n) is 17.5. The van der Waals surface area contributed by atoms with Crippen LogP contribution in [0, 0.1) is 11.3 Å². The van der Waals surface area contributed by atoms with Crippen molar-refractivity contribution in [3.05, 3.63) is 94.3 Å². The maximum Gasteiger partial charge on any atom is 0.257 e. The summed E-state index contributed by atoms with van der Waals surface area (Å²) in [7, 11) is 0. The normalized spacial score (nSPS) is 11.1. The van der Waals surface area contributed by atoms with E-state index in [-0.39, 0.29) is 16.5 Å². The number of nitrogens with one attached hydrogen (secondary N) is 3. The van der Waals surface area contributed by atoms with Gasteiger partial charge in [-0.05, 0) is 61.0 Å². The van der Waals surface area contributed by atoms with Gasteiger partial charge in [0.1, 0.15) is 5.65 Å². The van der Waals surface area contributed by atoms with Crippen LogP contribution in [0.1, 0.15) is 28.4 Å². The van der Waals surface area contributed by atoms with Gasteiger partial charge in [-0.2, -0.15) is 5.26 Å². The number of anilines is 2. The number of aromatic amines is 1. The topological polar surface area (TPSA) is 111 Å². The molecule has 0 saturated heterocycles. The lowest BCUT2D eigenvalue weighted by atomic mass is 10.1. The maximum absolute atomic E-state index is 12.8. The molecule has 0 spiro atoms. The van der Waals surface area contributed by atoms with Gasteiger partial charge in [0.2, 0.25) is 0 Å². The predicted octanol–water partition coefficient (Wildman–Crippen LogP) is 5.38. The minimum atomic E-state index is -0.423. The van der Waals surface area contributed by atoms with E-state index in [1.165, 1.54) is 6.07 Å². The highest BCUT2D eigenvalue weighted by atomic mass is 35.5. The van der Waals surface area contributed by atoms with Crippen LogP contribution in [-0.4, -0.2) is 21.8 Å². The van der Waals surface area contributed by atoms with Crippen molar-refractivity contribution in [3.63, 3.8) is 0 Å². The molecule has 162 valence electrons. The van der Waals surface area contributed by atoms with E-state index in [4.69, 9.17) is 16.9 Å². The summed E-state index contributed by atoms with van der Waals surface area (Å²) in [6.07, 6.45) is 5.00. The van der Waals surface area contributed by atoms with Crippen molar-refractivity contribution in [2.24, 2.45) is 0 Å². The highest BCUT2D eigenvalue weighted by Crippen LogP contribution is 2.23. The third kappa shape index (κ3) is 5.09. The molecule has 8 heteroatoms. The smallest absolute Gasteiger partial charge is 0.257 e. The van der Waals surface area contributed by atoms with Gasteiger partial charge in [-0.3, -0.25) is 9.59 Å². The van der Waals surface area contributed by atoms with Gasteiger partial charge in [0.25, 0.3) is 11.8 Å². The van der Waals surface area contributed by atoms with E-state index < -0.39 is 5.91 Å². The number of hydrogen-bond acceptors (Lipinski definition) is 4. The lowest BCUT2D eigenvalue weighted by Crippen LogP contribution is -2.15. The number of nitriles is 1. The first-order chi connectivity index (χ1) is 15.9. The summed E-state index contributed by atoms with van der Waals surface area (Å²) in [5, 5.41) is 15.7. The number of hydrogen-bond donors (Lipinski definition) is 3. The van der Waals surface area contributed by atoms with Crippen LogP contribution < -0.4 is 10.6 Å². The van der Waals surface area contributed by atoms with Crippen LogP contribution >= 0.6 is 11.6 Å². The summed E-state index contributed by atoms with van der Waals surface area (Å²) >= 11 is 6.24. The van der Waals surface area contributed by atoms with E-state index in [9.17, 15) is 9.59 Å². The molecule has 0 aliphatic rings. The van der Waals surface area contributed by atoms with Crippen LogP contribution in [0.4, 0.5) is 11.4 Å². The van der Waals surface area contributed by atoms with Crippen molar-refractivity contribution in [1.29, 1.82) is 5.26 Å². The quantitative estimate of drug-likeness (QED) is 0.350. The third-order valence-electron chi connectivity index (χ3n) is 4.88. The summed E-state index contributed by atoms with van der Waals surface area (Å²) in [5.74, 6) is -0.762. The Labute approximate surface area is 194 Å². The molecule has 2 heterocycles. The van der Waals surface area contributed by atoms with Crippen molar-refractivity contribution >= 4 is 51.9 Å². The largest absolute Gasteiger partial charge is 0.346 e. The van der Waals surface area contributed by atoms with Crippen LogP contribution in [0.15, 0.2) is 72.6 Å². The summed E-state index contributed by atoms with van der Waals surface area (Å²) in [5.41, 5.74) is 3.58. The first-order valence-corrected chi connectivity index (χ1v) is 10.3. The number of pyridine rings is 1. The lowest BCUT2D eigenvalue weighted by Gasteiger charge is -2.10. The molecule has 0 bridgehead atoms. The number of nitrogens with zero attached hydrogens (tertiary/aromatic N) is 2. The summed E-state index contributed by atoms with van der Waals surface area (Å²) in [6.45, 7) is 1.67. The monoisotopic (exact) mass is 455 g/mol. The molecule has 4 aromatic rings. The molecule has 0 unspecified atom stereocenters. The fraction of sp³-hybridized carbons (Fsp3) is 0.0400. The molecule has 2 amide bonds. The minimum Gasteiger partial charge on any atom is -0.346 e. The van der Waals surface area contributed by atoms with E-state index >= 15 is 0 Å². The minimum absolute atomic E-state index is 0.215. The van der Waals surface area contributed by atoms with Gasteiger partial charge < -0.3 is 15.6 Å². The number of fused-ring (bicyclic) bond motifs is 1. The fourth-order valence-corrected chi connectivity index (χ4v) is 3.43. The number of carbonyl (C=O) groups is 2. The third-order valence-corrected chi connectivity index (χ3v) is 5.21. The Hall–Kier alpha value is -4.41. The summed E-state index contributed by atoms with van der Waals surface area (Å²) in [6, 6.07) is 17.4. The van der Waals surface area contributed by atoms with E-state index in [1.807, 2.05) is 12.1 Å². The lowest BCUT2D eigenvalue weighted by molar-refractivity contribution is -0.112. The second-order valence-corrected chi connectivity index (χ2v) is 7.71. The molecule has 0 aliphatic carbocycles. The van der Waals surface area contributed by atoms with Crippen molar-refractivity contribution < 1.29 is 9.59 Å². The first-order valence-electron chi connectivity index (χ1n) is 9.97. The number of aromatic nitrogens is 2. The van der Waals surface area contributed by atoms with Crippen molar-refractivity contribution in [2.75, 3.05) is 10.6 Å². The Kier molecular flexibility index (Phi) is 6.20. The second-order valence-electron chi connectivity index (χ2n) is 7.31. The Balaban J connectivity index is 1.50. The summed E-state index contributed by atoms with van der Waals surface area (Å²) in [4.78, 5) is 32.7. The second kappa shape index (κ2) is 9.39. The Morgan fingerprint density at radius 1 is 1.09 bits per heavy atom. The highest BCUT2D eigenvalue weighted by Gasteiger charge is 2.14.